The highest BCUT2D eigenvalue weighted by Gasteiger charge is 2.47. The van der Waals surface area contributed by atoms with Crippen LogP contribution in [-0.4, -0.2) is 21.2 Å². The predicted molar refractivity (Wildman–Crippen MR) is 52.3 cm³/mol. The van der Waals surface area contributed by atoms with Gasteiger partial charge in [0.05, 0.1) is 0 Å². The number of H-pyrrole nitrogens is 1. The van der Waals surface area contributed by atoms with E-state index in [1.165, 1.54) is 19.3 Å². The van der Waals surface area contributed by atoms with Gasteiger partial charge in [0.1, 0.15) is 5.82 Å². The van der Waals surface area contributed by atoms with E-state index in [2.05, 4.69) is 15.2 Å². The summed E-state index contributed by atoms with van der Waals surface area (Å²) in [4.78, 5) is 4.19. The molecule has 0 spiro atoms. The van der Waals surface area contributed by atoms with Crippen molar-refractivity contribution in [1.29, 1.82) is 0 Å². The van der Waals surface area contributed by atoms with Crippen molar-refractivity contribution in [2.75, 3.05) is 5.73 Å². The second-order valence-electron chi connectivity index (χ2n) is 4.52. The van der Waals surface area contributed by atoms with Gasteiger partial charge in [0.25, 0.3) is 0 Å². The summed E-state index contributed by atoms with van der Waals surface area (Å²) in [6, 6.07) is 0.251. The van der Waals surface area contributed by atoms with Crippen molar-refractivity contribution >= 4 is 5.95 Å². The lowest BCUT2D eigenvalue weighted by atomic mass is 9.84. The number of hydrogen-bond donors (Lipinski definition) is 3. The third-order valence-corrected chi connectivity index (χ3v) is 3.82. The van der Waals surface area contributed by atoms with Crippen LogP contribution >= 0.6 is 0 Å². The number of nitrogen functional groups attached to an aromatic ring is 1. The van der Waals surface area contributed by atoms with E-state index in [4.69, 9.17) is 11.5 Å². The SMILES string of the molecule is Nc1n[nH]c(C2C3CCC(C3)C2N)n1. The van der Waals surface area contributed by atoms with E-state index >= 15 is 0 Å². The molecule has 1 aromatic heterocycles. The highest BCUT2D eigenvalue weighted by molar-refractivity contribution is 5.19. The van der Waals surface area contributed by atoms with Crippen LogP contribution in [0.1, 0.15) is 31.0 Å². The highest BCUT2D eigenvalue weighted by Crippen LogP contribution is 2.51. The van der Waals surface area contributed by atoms with E-state index in [0.29, 0.717) is 23.7 Å². The van der Waals surface area contributed by atoms with Crippen LogP contribution in [0.3, 0.4) is 0 Å². The molecular formula is C9H15N5. The summed E-state index contributed by atoms with van der Waals surface area (Å²) < 4.78 is 0. The summed E-state index contributed by atoms with van der Waals surface area (Å²) in [5.41, 5.74) is 11.7. The molecule has 1 heterocycles. The van der Waals surface area contributed by atoms with Gasteiger partial charge in [-0.25, -0.2) is 0 Å². The molecule has 5 heteroatoms. The van der Waals surface area contributed by atoms with Gasteiger partial charge >= 0.3 is 0 Å². The zero-order valence-corrected chi connectivity index (χ0v) is 7.98. The summed E-state index contributed by atoms with van der Waals surface area (Å²) >= 11 is 0. The molecule has 76 valence electrons. The van der Waals surface area contributed by atoms with Crippen molar-refractivity contribution in [3.63, 3.8) is 0 Å². The van der Waals surface area contributed by atoms with Gasteiger partial charge in [-0.2, -0.15) is 4.98 Å². The number of aromatic amines is 1. The number of rotatable bonds is 1. The molecule has 0 aliphatic heterocycles. The average molecular weight is 193 g/mol. The smallest absolute Gasteiger partial charge is 0.239 e. The summed E-state index contributed by atoms with van der Waals surface area (Å²) in [6.45, 7) is 0. The zero-order chi connectivity index (χ0) is 9.71. The minimum atomic E-state index is 0.251. The zero-order valence-electron chi connectivity index (χ0n) is 7.98. The van der Waals surface area contributed by atoms with Crippen molar-refractivity contribution in [3.05, 3.63) is 5.82 Å². The lowest BCUT2D eigenvalue weighted by Gasteiger charge is -2.25. The lowest BCUT2D eigenvalue weighted by molar-refractivity contribution is 0.355. The molecule has 4 atom stereocenters. The predicted octanol–water partition coefficient (Wildman–Crippen LogP) is 0.228. The Morgan fingerprint density at radius 2 is 2.07 bits per heavy atom. The van der Waals surface area contributed by atoms with Crippen molar-refractivity contribution in [2.45, 2.75) is 31.2 Å². The highest BCUT2D eigenvalue weighted by atomic mass is 15.3. The van der Waals surface area contributed by atoms with Gasteiger partial charge in [0.15, 0.2) is 0 Å². The maximum absolute atomic E-state index is 6.18. The molecule has 1 aromatic rings. The van der Waals surface area contributed by atoms with Gasteiger partial charge in [0, 0.05) is 12.0 Å². The van der Waals surface area contributed by atoms with Gasteiger partial charge in [-0.3, -0.25) is 5.10 Å². The molecule has 4 unspecified atom stereocenters. The van der Waals surface area contributed by atoms with Crippen LogP contribution in [0.25, 0.3) is 0 Å². The van der Waals surface area contributed by atoms with Crippen molar-refractivity contribution in [1.82, 2.24) is 15.2 Å². The fraction of sp³-hybridized carbons (Fsp3) is 0.778. The first kappa shape index (κ1) is 8.23. The fourth-order valence-corrected chi connectivity index (χ4v) is 3.18. The Labute approximate surface area is 82.3 Å². The third-order valence-electron chi connectivity index (χ3n) is 3.82. The molecule has 14 heavy (non-hydrogen) atoms. The topological polar surface area (TPSA) is 93.6 Å². The van der Waals surface area contributed by atoms with Crippen LogP contribution in [0.5, 0.6) is 0 Å². The molecule has 2 fully saturated rings. The normalized spacial score (nSPS) is 40.6. The van der Waals surface area contributed by atoms with E-state index in [1.54, 1.807) is 0 Å². The average Bonchev–Trinajstić information content (AvgIpc) is 2.80. The van der Waals surface area contributed by atoms with E-state index in [9.17, 15) is 0 Å². The first-order valence-electron chi connectivity index (χ1n) is 5.19. The Morgan fingerprint density at radius 3 is 2.64 bits per heavy atom. The van der Waals surface area contributed by atoms with E-state index in [0.717, 1.165) is 5.82 Å². The fourth-order valence-electron chi connectivity index (χ4n) is 3.18. The van der Waals surface area contributed by atoms with Gasteiger partial charge < -0.3 is 11.5 Å². The van der Waals surface area contributed by atoms with E-state index < -0.39 is 0 Å². The first-order chi connectivity index (χ1) is 6.75. The molecular weight excluding hydrogens is 178 g/mol. The lowest BCUT2D eigenvalue weighted by Crippen LogP contribution is -2.34. The molecule has 2 aliphatic carbocycles. The quantitative estimate of drug-likeness (QED) is 0.595. The molecule has 2 saturated carbocycles. The Balaban J connectivity index is 1.92. The maximum Gasteiger partial charge on any atom is 0.239 e. The number of hydrogen-bond acceptors (Lipinski definition) is 4. The van der Waals surface area contributed by atoms with Gasteiger partial charge in [-0.1, -0.05) is 0 Å². The molecule has 5 nitrogen and oxygen atoms in total. The van der Waals surface area contributed by atoms with Crippen LogP contribution in [0.15, 0.2) is 0 Å². The summed E-state index contributed by atoms with van der Waals surface area (Å²) in [5, 5.41) is 6.76. The van der Waals surface area contributed by atoms with Crippen molar-refractivity contribution in [3.8, 4) is 0 Å². The Hall–Kier alpha value is -1.10. The Kier molecular flexibility index (Phi) is 1.58. The molecule has 2 aliphatic rings. The number of nitrogens with one attached hydrogen (secondary N) is 1. The van der Waals surface area contributed by atoms with Crippen molar-refractivity contribution < 1.29 is 0 Å². The second kappa shape index (κ2) is 2.70. The van der Waals surface area contributed by atoms with E-state index in [-0.39, 0.29) is 6.04 Å². The Morgan fingerprint density at radius 1 is 1.29 bits per heavy atom. The molecule has 3 rings (SSSR count). The summed E-state index contributed by atoms with van der Waals surface area (Å²) in [5.74, 6) is 2.97. The minimum absolute atomic E-state index is 0.251. The molecule has 0 amide bonds. The van der Waals surface area contributed by atoms with Crippen LogP contribution < -0.4 is 11.5 Å². The van der Waals surface area contributed by atoms with Gasteiger partial charge in [-0.15, -0.1) is 5.10 Å². The largest absolute Gasteiger partial charge is 0.367 e. The van der Waals surface area contributed by atoms with Crippen LogP contribution in [0.2, 0.25) is 0 Å². The molecule has 0 aromatic carbocycles. The van der Waals surface area contributed by atoms with Crippen LogP contribution in [-0.2, 0) is 0 Å². The Bertz CT molecular complexity index is 345. The molecule has 0 saturated heterocycles. The number of anilines is 1. The molecule has 0 radical (unpaired) electrons. The monoisotopic (exact) mass is 193 g/mol. The van der Waals surface area contributed by atoms with Crippen LogP contribution in [0, 0.1) is 11.8 Å². The van der Waals surface area contributed by atoms with Crippen LogP contribution in [0.4, 0.5) is 5.95 Å². The second-order valence-corrected chi connectivity index (χ2v) is 4.52. The number of fused-ring (bicyclic) bond motifs is 2. The van der Waals surface area contributed by atoms with Gasteiger partial charge in [-0.05, 0) is 31.1 Å². The maximum atomic E-state index is 6.18. The summed E-state index contributed by atoms with van der Waals surface area (Å²) in [7, 11) is 0. The van der Waals surface area contributed by atoms with Gasteiger partial charge in [0.2, 0.25) is 5.95 Å². The summed E-state index contributed by atoms with van der Waals surface area (Å²) in [6.07, 6.45) is 3.82. The number of nitrogens with zero attached hydrogens (tertiary/aromatic N) is 2. The standard InChI is InChI=1S/C9H15N5/c10-7-5-2-1-4(3-5)6(7)8-12-9(11)14-13-8/h4-7H,1-3,10H2,(H3,11,12,13,14). The molecule has 2 bridgehead atoms. The number of nitrogens with two attached hydrogens (primary N) is 2. The number of aromatic nitrogens is 3. The third kappa shape index (κ3) is 0.987. The van der Waals surface area contributed by atoms with E-state index in [1.807, 2.05) is 0 Å². The minimum Gasteiger partial charge on any atom is -0.367 e. The van der Waals surface area contributed by atoms with Crippen molar-refractivity contribution in [2.24, 2.45) is 17.6 Å². The first-order valence-corrected chi connectivity index (χ1v) is 5.19. The molecule has 5 N–H and O–H groups in total.